The van der Waals surface area contributed by atoms with Crippen LogP contribution in [0.15, 0.2) is 78.3 Å². The Labute approximate surface area is 171 Å². The second-order valence-electron chi connectivity index (χ2n) is 5.96. The Bertz CT molecular complexity index is 1130. The molecule has 2 heterocycles. The number of anilines is 1. The average molecular weight is 403 g/mol. The zero-order valence-electron chi connectivity index (χ0n) is 15.5. The van der Waals surface area contributed by atoms with E-state index in [1.165, 1.54) is 11.3 Å². The van der Waals surface area contributed by atoms with Gasteiger partial charge in [0, 0.05) is 17.1 Å². The highest BCUT2D eigenvalue weighted by molar-refractivity contribution is 7.14. The number of para-hydroxylation sites is 2. The van der Waals surface area contributed by atoms with E-state index in [2.05, 4.69) is 15.3 Å². The van der Waals surface area contributed by atoms with Gasteiger partial charge in [0.2, 0.25) is 5.88 Å². The number of ether oxygens (including phenoxy) is 2. The van der Waals surface area contributed by atoms with Gasteiger partial charge < -0.3 is 9.47 Å². The Hall–Kier alpha value is -3.71. The van der Waals surface area contributed by atoms with Crippen LogP contribution in [-0.2, 0) is 0 Å². The fourth-order valence-electron chi connectivity index (χ4n) is 2.72. The number of hydrogen-bond acceptors (Lipinski definition) is 6. The quantitative estimate of drug-likeness (QED) is 0.475. The molecule has 0 saturated heterocycles. The molecular formula is C22H17N3O3S. The fraction of sp³-hybridized carbons (Fsp3) is 0.0455. The monoisotopic (exact) mass is 403 g/mol. The van der Waals surface area contributed by atoms with Gasteiger partial charge in [-0.25, -0.2) is 9.97 Å². The van der Waals surface area contributed by atoms with Crippen LogP contribution >= 0.6 is 11.3 Å². The molecule has 0 fully saturated rings. The number of methoxy groups -OCH3 is 1. The second kappa shape index (κ2) is 8.53. The molecule has 0 bridgehead atoms. The molecular weight excluding hydrogens is 386 g/mol. The summed E-state index contributed by atoms with van der Waals surface area (Å²) < 4.78 is 11.2. The third kappa shape index (κ3) is 4.25. The summed E-state index contributed by atoms with van der Waals surface area (Å²) in [4.78, 5) is 21.5. The molecule has 2 aromatic heterocycles. The zero-order chi connectivity index (χ0) is 20.1. The summed E-state index contributed by atoms with van der Waals surface area (Å²) >= 11 is 1.34. The van der Waals surface area contributed by atoms with Crippen molar-refractivity contribution in [2.45, 2.75) is 0 Å². The molecule has 1 N–H and O–H groups in total. The minimum absolute atomic E-state index is 0.234. The highest BCUT2D eigenvalue weighted by Gasteiger charge is 2.17. The highest BCUT2D eigenvalue weighted by Crippen LogP contribution is 2.32. The molecule has 0 spiro atoms. The Morgan fingerprint density at radius 1 is 1.00 bits per heavy atom. The van der Waals surface area contributed by atoms with Crippen molar-refractivity contribution in [3.05, 3.63) is 83.9 Å². The van der Waals surface area contributed by atoms with Gasteiger partial charge in [-0.1, -0.05) is 30.3 Å². The van der Waals surface area contributed by atoms with Gasteiger partial charge in [-0.3, -0.25) is 10.1 Å². The summed E-state index contributed by atoms with van der Waals surface area (Å²) in [5, 5.41) is 5.17. The van der Waals surface area contributed by atoms with E-state index in [-0.39, 0.29) is 11.8 Å². The molecule has 29 heavy (non-hydrogen) atoms. The Morgan fingerprint density at radius 3 is 2.62 bits per heavy atom. The van der Waals surface area contributed by atoms with Gasteiger partial charge in [-0.05, 0) is 36.4 Å². The first-order chi connectivity index (χ1) is 14.2. The summed E-state index contributed by atoms with van der Waals surface area (Å²) in [6.45, 7) is 0. The molecule has 144 valence electrons. The van der Waals surface area contributed by atoms with E-state index < -0.39 is 0 Å². The van der Waals surface area contributed by atoms with Crippen molar-refractivity contribution >= 4 is 22.4 Å². The van der Waals surface area contributed by atoms with Crippen molar-refractivity contribution in [2.75, 3.05) is 12.4 Å². The number of nitrogens with one attached hydrogen (secondary N) is 1. The minimum Gasteiger partial charge on any atom is -0.496 e. The van der Waals surface area contributed by atoms with E-state index in [9.17, 15) is 4.79 Å². The molecule has 0 aliphatic carbocycles. The van der Waals surface area contributed by atoms with Crippen LogP contribution in [0.2, 0.25) is 0 Å². The van der Waals surface area contributed by atoms with E-state index in [1.54, 1.807) is 37.6 Å². The lowest BCUT2D eigenvalue weighted by atomic mass is 10.1. The van der Waals surface area contributed by atoms with Gasteiger partial charge in [0.05, 0.1) is 12.8 Å². The Kier molecular flexibility index (Phi) is 5.49. The maximum Gasteiger partial charge on any atom is 0.262 e. The first-order valence-corrected chi connectivity index (χ1v) is 9.71. The third-order valence-electron chi connectivity index (χ3n) is 4.08. The number of benzene rings is 2. The van der Waals surface area contributed by atoms with Gasteiger partial charge in [0.1, 0.15) is 17.1 Å². The maximum absolute atomic E-state index is 12.8. The van der Waals surface area contributed by atoms with Crippen LogP contribution in [0.5, 0.6) is 17.4 Å². The predicted molar refractivity (Wildman–Crippen MR) is 113 cm³/mol. The van der Waals surface area contributed by atoms with Crippen molar-refractivity contribution in [1.29, 1.82) is 0 Å². The molecule has 4 rings (SSSR count). The molecule has 7 heteroatoms. The lowest BCUT2D eigenvalue weighted by Crippen LogP contribution is -2.13. The van der Waals surface area contributed by atoms with Crippen LogP contribution in [0.1, 0.15) is 10.4 Å². The van der Waals surface area contributed by atoms with E-state index in [1.807, 2.05) is 47.8 Å². The lowest BCUT2D eigenvalue weighted by Gasteiger charge is -2.09. The van der Waals surface area contributed by atoms with Crippen molar-refractivity contribution in [3.63, 3.8) is 0 Å². The smallest absolute Gasteiger partial charge is 0.262 e. The van der Waals surface area contributed by atoms with Gasteiger partial charge >= 0.3 is 0 Å². The number of amides is 1. The lowest BCUT2D eigenvalue weighted by molar-refractivity contribution is 0.102. The summed E-state index contributed by atoms with van der Waals surface area (Å²) in [6, 6.07) is 20.2. The van der Waals surface area contributed by atoms with Gasteiger partial charge in [0.25, 0.3) is 5.91 Å². The van der Waals surface area contributed by atoms with E-state index >= 15 is 0 Å². The van der Waals surface area contributed by atoms with Crippen LogP contribution in [0, 0.1) is 0 Å². The second-order valence-corrected chi connectivity index (χ2v) is 6.82. The number of carbonyl (C=O) groups excluding carboxylic acids is 1. The number of hydrogen-bond donors (Lipinski definition) is 1. The number of rotatable bonds is 6. The van der Waals surface area contributed by atoms with Crippen LogP contribution in [0.25, 0.3) is 11.3 Å². The third-order valence-corrected chi connectivity index (χ3v) is 4.84. The molecule has 0 unspecified atom stereocenters. The van der Waals surface area contributed by atoms with E-state index in [0.29, 0.717) is 16.4 Å². The summed E-state index contributed by atoms with van der Waals surface area (Å²) in [6.07, 6.45) is 1.58. The molecule has 6 nitrogen and oxygen atoms in total. The Balaban J connectivity index is 1.54. The molecule has 0 aliphatic heterocycles. The van der Waals surface area contributed by atoms with Crippen molar-refractivity contribution in [3.8, 4) is 28.6 Å². The first kappa shape index (κ1) is 18.6. The van der Waals surface area contributed by atoms with Crippen molar-refractivity contribution < 1.29 is 14.3 Å². The maximum atomic E-state index is 12.8. The molecule has 4 aromatic rings. The standard InChI is InChI=1S/C22H17N3O3S/c1-27-19-12-6-5-10-16(19)18-14-29-22(24-18)25-20(26)17-11-7-13-23-21(17)28-15-8-3-2-4-9-15/h2-14H,1H3,(H,24,25,26). The Morgan fingerprint density at radius 2 is 1.79 bits per heavy atom. The molecule has 0 atom stereocenters. The molecule has 1 amide bonds. The van der Waals surface area contributed by atoms with E-state index in [0.717, 1.165) is 17.0 Å². The zero-order valence-corrected chi connectivity index (χ0v) is 16.3. The number of pyridine rings is 1. The highest BCUT2D eigenvalue weighted by atomic mass is 32.1. The largest absolute Gasteiger partial charge is 0.496 e. The summed E-state index contributed by atoms with van der Waals surface area (Å²) in [5.41, 5.74) is 1.92. The number of nitrogens with zero attached hydrogens (tertiary/aromatic N) is 2. The van der Waals surface area contributed by atoms with Gasteiger partial charge in [-0.15, -0.1) is 11.3 Å². The molecule has 0 radical (unpaired) electrons. The summed E-state index contributed by atoms with van der Waals surface area (Å²) in [7, 11) is 1.62. The van der Waals surface area contributed by atoms with Crippen molar-refractivity contribution in [2.24, 2.45) is 0 Å². The van der Waals surface area contributed by atoms with Crippen molar-refractivity contribution in [1.82, 2.24) is 9.97 Å². The number of aromatic nitrogens is 2. The number of carbonyl (C=O) groups is 1. The molecule has 0 aliphatic rings. The first-order valence-electron chi connectivity index (χ1n) is 8.83. The summed E-state index contributed by atoms with van der Waals surface area (Å²) in [5.74, 6) is 1.22. The fourth-order valence-corrected chi connectivity index (χ4v) is 3.43. The van der Waals surface area contributed by atoms with Crippen LogP contribution in [0.4, 0.5) is 5.13 Å². The number of thiazole rings is 1. The normalized spacial score (nSPS) is 10.4. The SMILES string of the molecule is COc1ccccc1-c1csc(NC(=O)c2cccnc2Oc2ccccc2)n1. The topological polar surface area (TPSA) is 73.3 Å². The van der Waals surface area contributed by atoms with Gasteiger partial charge in [0.15, 0.2) is 5.13 Å². The van der Waals surface area contributed by atoms with Gasteiger partial charge in [-0.2, -0.15) is 0 Å². The van der Waals surface area contributed by atoms with Crippen LogP contribution in [0.3, 0.4) is 0 Å². The van der Waals surface area contributed by atoms with Crippen LogP contribution < -0.4 is 14.8 Å². The van der Waals surface area contributed by atoms with E-state index in [4.69, 9.17) is 9.47 Å². The minimum atomic E-state index is -0.343. The molecule has 0 saturated carbocycles. The molecule has 2 aromatic carbocycles. The average Bonchev–Trinajstić information content (AvgIpc) is 3.23. The van der Waals surface area contributed by atoms with Crippen LogP contribution in [-0.4, -0.2) is 23.0 Å². The predicted octanol–water partition coefficient (Wildman–Crippen LogP) is 5.26.